The molecule has 0 saturated carbocycles. The monoisotopic (exact) mass is 147 g/mol. The van der Waals surface area contributed by atoms with Gasteiger partial charge in [-0.3, -0.25) is 4.57 Å². The van der Waals surface area contributed by atoms with Crippen LogP contribution in [0.1, 0.15) is 0 Å². The van der Waals surface area contributed by atoms with Gasteiger partial charge in [0.15, 0.2) is 5.82 Å². The molecular weight excluding hydrogens is 142 g/mol. The smallest absolute Gasteiger partial charge is 0.163 e. The van der Waals surface area contributed by atoms with E-state index in [1.165, 1.54) is 0 Å². The minimum atomic E-state index is 0.720. The number of hydrogen-bond acceptors (Lipinski definition) is 4. The highest BCUT2D eigenvalue weighted by Gasteiger charge is 1.93. The normalized spacial score (nSPS) is 9.82. The van der Waals surface area contributed by atoms with Crippen molar-refractivity contribution in [2.75, 3.05) is 0 Å². The molecule has 0 saturated heterocycles. The summed E-state index contributed by atoms with van der Waals surface area (Å²) in [5.74, 6) is 0.720. The van der Waals surface area contributed by atoms with Crippen molar-refractivity contribution in [1.29, 1.82) is 0 Å². The van der Waals surface area contributed by atoms with Crippen molar-refractivity contribution in [1.82, 2.24) is 25.0 Å². The summed E-state index contributed by atoms with van der Waals surface area (Å²) in [5.41, 5.74) is 0. The summed E-state index contributed by atoms with van der Waals surface area (Å²) in [4.78, 5) is 3.87. The number of rotatable bonds is 1. The molecule has 5 heteroatoms. The van der Waals surface area contributed by atoms with Gasteiger partial charge in [-0.25, -0.2) is 4.98 Å². The Hall–Kier alpha value is -1.78. The molecule has 0 aliphatic heterocycles. The summed E-state index contributed by atoms with van der Waals surface area (Å²) >= 11 is 0. The first-order chi connectivity index (χ1) is 5.47. The van der Waals surface area contributed by atoms with Gasteiger partial charge in [0.25, 0.3) is 0 Å². The van der Waals surface area contributed by atoms with E-state index >= 15 is 0 Å². The summed E-state index contributed by atoms with van der Waals surface area (Å²) < 4.78 is 1.76. The molecular formula is C6H5N5. The van der Waals surface area contributed by atoms with E-state index in [4.69, 9.17) is 0 Å². The van der Waals surface area contributed by atoms with Crippen molar-refractivity contribution in [3.8, 4) is 5.82 Å². The van der Waals surface area contributed by atoms with Crippen LogP contribution in [0.5, 0.6) is 0 Å². The van der Waals surface area contributed by atoms with Crippen LogP contribution in [-0.4, -0.2) is 25.0 Å². The average molecular weight is 147 g/mol. The third-order valence-electron chi connectivity index (χ3n) is 1.26. The highest BCUT2D eigenvalue weighted by atomic mass is 15.3. The van der Waals surface area contributed by atoms with Gasteiger partial charge in [-0.05, 0) is 5.21 Å². The zero-order chi connectivity index (χ0) is 7.52. The third-order valence-corrected chi connectivity index (χ3v) is 1.26. The van der Waals surface area contributed by atoms with Gasteiger partial charge in [0, 0.05) is 18.5 Å². The molecule has 0 atom stereocenters. The van der Waals surface area contributed by atoms with E-state index in [-0.39, 0.29) is 0 Å². The van der Waals surface area contributed by atoms with Crippen molar-refractivity contribution >= 4 is 0 Å². The maximum Gasteiger partial charge on any atom is 0.163 e. The fourth-order valence-corrected chi connectivity index (χ4v) is 0.767. The van der Waals surface area contributed by atoms with E-state index in [0.29, 0.717) is 0 Å². The molecule has 2 rings (SSSR count). The minimum Gasteiger partial charge on any atom is -0.289 e. The summed E-state index contributed by atoms with van der Waals surface area (Å²) in [6.07, 6.45) is 6.72. The first-order valence-electron chi connectivity index (χ1n) is 3.09. The molecule has 0 spiro atoms. The minimum absolute atomic E-state index is 0.720. The molecule has 0 bridgehead atoms. The maximum atomic E-state index is 3.87. The number of hydrogen-bond donors (Lipinski definition) is 0. The average Bonchev–Trinajstić information content (AvgIpc) is 2.58. The highest BCUT2D eigenvalue weighted by Crippen LogP contribution is 1.97. The van der Waals surface area contributed by atoms with Gasteiger partial charge in [-0.1, -0.05) is 0 Å². The fourth-order valence-electron chi connectivity index (χ4n) is 0.767. The lowest BCUT2D eigenvalue weighted by atomic mass is 10.6. The topological polar surface area (TPSA) is 56.5 Å². The van der Waals surface area contributed by atoms with E-state index in [9.17, 15) is 0 Å². The van der Waals surface area contributed by atoms with Crippen LogP contribution in [0, 0.1) is 0 Å². The molecule has 0 fully saturated rings. The number of aromatic nitrogens is 5. The van der Waals surface area contributed by atoms with Crippen LogP contribution < -0.4 is 0 Å². The molecule has 54 valence electrons. The van der Waals surface area contributed by atoms with Crippen LogP contribution in [0.25, 0.3) is 5.82 Å². The molecule has 5 nitrogen and oxygen atoms in total. The second-order valence-electron chi connectivity index (χ2n) is 1.95. The quantitative estimate of drug-likeness (QED) is 0.572. The van der Waals surface area contributed by atoms with Gasteiger partial charge in [0.2, 0.25) is 0 Å². The second kappa shape index (κ2) is 2.45. The molecule has 0 N–H and O–H groups in total. The van der Waals surface area contributed by atoms with E-state index < -0.39 is 0 Å². The Bertz CT molecular complexity index is 314. The van der Waals surface area contributed by atoms with E-state index in [1.807, 2.05) is 0 Å². The lowest BCUT2D eigenvalue weighted by Crippen LogP contribution is -1.96. The molecule has 0 unspecified atom stereocenters. The molecule has 2 aromatic rings. The summed E-state index contributed by atoms with van der Waals surface area (Å²) in [6.45, 7) is 0. The Kier molecular flexibility index (Phi) is 1.33. The zero-order valence-corrected chi connectivity index (χ0v) is 5.62. The van der Waals surface area contributed by atoms with Gasteiger partial charge in [-0.15, -0.1) is 10.2 Å². The number of imidazole rings is 1. The van der Waals surface area contributed by atoms with Crippen LogP contribution in [0.2, 0.25) is 0 Å². The number of nitrogens with zero attached hydrogens (tertiary/aromatic N) is 5. The third kappa shape index (κ3) is 1.07. The SMILES string of the molecule is c1cn(-c2ccnnn2)cn1. The summed E-state index contributed by atoms with van der Waals surface area (Å²) in [7, 11) is 0. The standard InChI is InChI=1S/C6H5N5/c1-2-8-10-9-6(1)11-4-3-7-5-11/h1-5H. The van der Waals surface area contributed by atoms with Gasteiger partial charge < -0.3 is 0 Å². The van der Waals surface area contributed by atoms with Gasteiger partial charge >= 0.3 is 0 Å². The van der Waals surface area contributed by atoms with Crippen molar-refractivity contribution < 1.29 is 0 Å². The van der Waals surface area contributed by atoms with Crippen molar-refractivity contribution in [3.05, 3.63) is 31.0 Å². The Morgan fingerprint density at radius 3 is 2.91 bits per heavy atom. The molecule has 0 radical (unpaired) electrons. The van der Waals surface area contributed by atoms with Crippen LogP contribution in [0.3, 0.4) is 0 Å². The molecule has 2 aromatic heterocycles. The van der Waals surface area contributed by atoms with Crippen molar-refractivity contribution in [3.63, 3.8) is 0 Å². The van der Waals surface area contributed by atoms with E-state index in [1.54, 1.807) is 35.6 Å². The van der Waals surface area contributed by atoms with Crippen molar-refractivity contribution in [2.45, 2.75) is 0 Å². The molecule has 11 heavy (non-hydrogen) atoms. The Morgan fingerprint density at radius 1 is 1.27 bits per heavy atom. The van der Waals surface area contributed by atoms with Gasteiger partial charge in [0.1, 0.15) is 6.33 Å². The lowest BCUT2D eigenvalue weighted by Gasteiger charge is -1.94. The molecule has 0 aromatic carbocycles. The van der Waals surface area contributed by atoms with Crippen LogP contribution in [0.15, 0.2) is 31.0 Å². The van der Waals surface area contributed by atoms with Crippen molar-refractivity contribution in [2.24, 2.45) is 0 Å². The summed E-state index contributed by atoms with van der Waals surface area (Å²) in [5, 5.41) is 10.8. The van der Waals surface area contributed by atoms with Crippen LogP contribution >= 0.6 is 0 Å². The van der Waals surface area contributed by atoms with Crippen LogP contribution in [0.4, 0.5) is 0 Å². The van der Waals surface area contributed by atoms with Gasteiger partial charge in [-0.2, -0.15) is 0 Å². The highest BCUT2D eigenvalue weighted by molar-refractivity contribution is 5.16. The van der Waals surface area contributed by atoms with Crippen LogP contribution in [-0.2, 0) is 0 Å². The lowest BCUT2D eigenvalue weighted by molar-refractivity contribution is 0.818. The first-order valence-corrected chi connectivity index (χ1v) is 3.09. The Labute approximate surface area is 62.7 Å². The second-order valence-corrected chi connectivity index (χ2v) is 1.95. The molecule has 0 aliphatic carbocycles. The first kappa shape index (κ1) is 5.96. The zero-order valence-electron chi connectivity index (χ0n) is 5.62. The maximum absolute atomic E-state index is 3.87. The van der Waals surface area contributed by atoms with E-state index in [2.05, 4.69) is 20.4 Å². The molecule has 2 heterocycles. The molecule has 0 amide bonds. The Morgan fingerprint density at radius 2 is 2.27 bits per heavy atom. The fraction of sp³-hybridized carbons (Fsp3) is 0. The predicted molar refractivity (Wildman–Crippen MR) is 36.9 cm³/mol. The summed E-state index contributed by atoms with van der Waals surface area (Å²) in [6, 6.07) is 1.76. The predicted octanol–water partition coefficient (Wildman–Crippen LogP) is 0.0573. The Balaban J connectivity index is 2.46. The van der Waals surface area contributed by atoms with E-state index in [0.717, 1.165) is 5.82 Å². The largest absolute Gasteiger partial charge is 0.289 e. The molecule has 0 aliphatic rings. The van der Waals surface area contributed by atoms with Gasteiger partial charge in [0.05, 0.1) is 6.20 Å².